The van der Waals surface area contributed by atoms with E-state index in [2.05, 4.69) is 9.98 Å². The molecule has 1 heterocycles. The molecule has 15 heavy (non-hydrogen) atoms. The van der Waals surface area contributed by atoms with Gasteiger partial charge in [-0.25, -0.2) is 4.98 Å². The summed E-state index contributed by atoms with van der Waals surface area (Å²) < 4.78 is 1.34. The van der Waals surface area contributed by atoms with E-state index in [0.717, 1.165) is 11.9 Å². The number of aromatic nitrogens is 2. The van der Waals surface area contributed by atoms with Crippen molar-refractivity contribution in [3.63, 3.8) is 0 Å². The Hall–Kier alpha value is -1.57. The molecule has 1 rings (SSSR count). The quantitative estimate of drug-likeness (QED) is 0.359. The molecule has 2 N–H and O–H groups in total. The highest BCUT2D eigenvalue weighted by Gasteiger charge is 2.19. The molecule has 0 bridgehead atoms. The van der Waals surface area contributed by atoms with Gasteiger partial charge in [-0.1, -0.05) is 0 Å². The lowest BCUT2D eigenvalue weighted by molar-refractivity contribution is -0.390. The molecule has 1 aromatic heterocycles. The molecule has 0 atom stereocenters. The maximum atomic E-state index is 10.6. The van der Waals surface area contributed by atoms with Gasteiger partial charge in [-0.3, -0.25) is 4.99 Å². The summed E-state index contributed by atoms with van der Waals surface area (Å²) in [6.07, 6.45) is 1.20. The molecule has 0 aromatic carbocycles. The first-order valence-corrected chi connectivity index (χ1v) is 5.00. The predicted octanol–water partition coefficient (Wildman–Crippen LogP) is 0.931. The van der Waals surface area contributed by atoms with E-state index >= 15 is 0 Å². The fraction of sp³-hybridized carbons (Fsp3) is 0.429. The third-order valence-electron chi connectivity index (χ3n) is 1.55. The van der Waals surface area contributed by atoms with Crippen LogP contribution in [-0.2, 0) is 0 Å². The van der Waals surface area contributed by atoms with Crippen LogP contribution in [0.4, 0.5) is 5.82 Å². The maximum absolute atomic E-state index is 10.6. The van der Waals surface area contributed by atoms with Gasteiger partial charge in [0, 0.05) is 13.5 Å². The number of amidine groups is 1. The zero-order valence-corrected chi connectivity index (χ0v) is 9.19. The average molecular weight is 229 g/mol. The minimum Gasteiger partial charge on any atom is -0.375 e. The molecular weight excluding hydrogens is 218 g/mol. The third-order valence-corrected chi connectivity index (χ3v) is 2.50. The standard InChI is InChI=1S/C7H11N5O2S/c1-3-9-7(8)15-11-5(2)10-4-6(11)12(13)14/h4H,3H2,1-2H3,(H2,8,9). The van der Waals surface area contributed by atoms with Crippen molar-refractivity contribution in [3.8, 4) is 0 Å². The summed E-state index contributed by atoms with van der Waals surface area (Å²) in [7, 11) is 0. The molecule has 7 nitrogen and oxygen atoms in total. The van der Waals surface area contributed by atoms with Gasteiger partial charge >= 0.3 is 5.82 Å². The van der Waals surface area contributed by atoms with Crippen LogP contribution in [0.3, 0.4) is 0 Å². The highest BCUT2D eigenvalue weighted by atomic mass is 32.2. The summed E-state index contributed by atoms with van der Waals surface area (Å²) in [5, 5.41) is 10.9. The van der Waals surface area contributed by atoms with Gasteiger partial charge in [0.1, 0.15) is 18.1 Å². The third kappa shape index (κ3) is 2.69. The lowest BCUT2D eigenvalue weighted by Gasteiger charge is -1.99. The zero-order chi connectivity index (χ0) is 11.4. The highest BCUT2D eigenvalue weighted by molar-refractivity contribution is 8.12. The molecule has 0 unspecified atom stereocenters. The van der Waals surface area contributed by atoms with Crippen molar-refractivity contribution in [2.24, 2.45) is 10.7 Å². The molecule has 0 aliphatic rings. The molecule has 0 radical (unpaired) electrons. The Morgan fingerprint density at radius 1 is 1.87 bits per heavy atom. The molecular formula is C7H11N5O2S. The molecule has 0 saturated heterocycles. The van der Waals surface area contributed by atoms with Gasteiger partial charge < -0.3 is 15.8 Å². The Labute approximate surface area is 90.7 Å². The normalized spacial score (nSPS) is 11.7. The van der Waals surface area contributed by atoms with E-state index in [1.807, 2.05) is 6.92 Å². The lowest BCUT2D eigenvalue weighted by Crippen LogP contribution is -2.11. The number of hydrogen-bond donors (Lipinski definition) is 1. The SMILES string of the molecule is CCN=C(N)Sn1c([N+](=O)[O-])cnc1C. The van der Waals surface area contributed by atoms with Crippen molar-refractivity contribution >= 4 is 22.9 Å². The molecule has 1 aromatic rings. The number of nitrogens with zero attached hydrogens (tertiary/aromatic N) is 4. The van der Waals surface area contributed by atoms with E-state index in [-0.39, 0.29) is 11.0 Å². The van der Waals surface area contributed by atoms with Crippen molar-refractivity contribution in [3.05, 3.63) is 22.1 Å². The van der Waals surface area contributed by atoms with Crippen molar-refractivity contribution in [2.75, 3.05) is 6.54 Å². The molecule has 0 fully saturated rings. The second-order valence-corrected chi connectivity index (χ2v) is 3.58. The van der Waals surface area contributed by atoms with Crippen LogP contribution in [0.2, 0.25) is 0 Å². The first kappa shape index (κ1) is 11.5. The first-order chi connectivity index (χ1) is 7.06. The van der Waals surface area contributed by atoms with Gasteiger partial charge in [0.15, 0.2) is 5.17 Å². The lowest BCUT2D eigenvalue weighted by atomic mass is 10.7. The van der Waals surface area contributed by atoms with Gasteiger partial charge in [-0.2, -0.15) is 0 Å². The summed E-state index contributed by atoms with van der Waals surface area (Å²) in [5.74, 6) is 0.410. The Kier molecular flexibility index (Phi) is 3.67. The fourth-order valence-corrected chi connectivity index (χ4v) is 1.69. The monoisotopic (exact) mass is 229 g/mol. The summed E-state index contributed by atoms with van der Waals surface area (Å²) in [6.45, 7) is 4.04. The van der Waals surface area contributed by atoms with Crippen LogP contribution in [0.5, 0.6) is 0 Å². The van der Waals surface area contributed by atoms with Crippen LogP contribution in [0.25, 0.3) is 0 Å². The Morgan fingerprint density at radius 2 is 2.53 bits per heavy atom. The van der Waals surface area contributed by atoms with Gasteiger partial charge in [0.05, 0.1) is 0 Å². The van der Waals surface area contributed by atoms with E-state index in [0.29, 0.717) is 12.4 Å². The largest absolute Gasteiger partial charge is 0.375 e. The van der Waals surface area contributed by atoms with Gasteiger partial charge in [-0.15, -0.1) is 3.97 Å². The molecule has 0 saturated carbocycles. The van der Waals surface area contributed by atoms with Crippen LogP contribution in [0.1, 0.15) is 12.7 Å². The average Bonchev–Trinajstić information content (AvgIpc) is 2.48. The highest BCUT2D eigenvalue weighted by Crippen LogP contribution is 2.20. The minimum absolute atomic E-state index is 0.105. The van der Waals surface area contributed by atoms with Gasteiger partial charge in [-0.05, 0) is 11.8 Å². The number of hydrogen-bond acceptors (Lipinski definition) is 5. The summed E-state index contributed by atoms with van der Waals surface area (Å²) in [5.41, 5.74) is 5.56. The van der Waals surface area contributed by atoms with Crippen LogP contribution in [-0.4, -0.2) is 25.6 Å². The van der Waals surface area contributed by atoms with E-state index in [9.17, 15) is 10.1 Å². The molecule has 0 amide bonds. The van der Waals surface area contributed by atoms with E-state index in [1.54, 1.807) is 6.92 Å². The van der Waals surface area contributed by atoms with Crippen LogP contribution < -0.4 is 5.73 Å². The number of aryl methyl sites for hydroxylation is 1. The van der Waals surface area contributed by atoms with Gasteiger partial charge in [0.25, 0.3) is 0 Å². The number of nitro groups is 1. The number of nitrogens with two attached hydrogens (primary N) is 1. The van der Waals surface area contributed by atoms with Crippen LogP contribution in [0, 0.1) is 17.0 Å². The van der Waals surface area contributed by atoms with E-state index in [1.165, 1.54) is 10.2 Å². The van der Waals surface area contributed by atoms with Crippen molar-refractivity contribution in [1.82, 2.24) is 8.96 Å². The smallest absolute Gasteiger partial charge is 0.354 e. The van der Waals surface area contributed by atoms with Crippen LogP contribution >= 0.6 is 11.9 Å². The molecule has 82 valence electrons. The van der Waals surface area contributed by atoms with Crippen LogP contribution in [0.15, 0.2) is 11.2 Å². The molecule has 0 spiro atoms. The zero-order valence-electron chi connectivity index (χ0n) is 8.38. The Morgan fingerprint density at radius 3 is 3.07 bits per heavy atom. The minimum atomic E-state index is -0.508. The Balaban J connectivity index is 2.98. The van der Waals surface area contributed by atoms with Gasteiger partial charge in [0.2, 0.25) is 5.82 Å². The topological polar surface area (TPSA) is 99.3 Å². The van der Waals surface area contributed by atoms with E-state index in [4.69, 9.17) is 5.73 Å². The Bertz CT molecular complexity index is 400. The fourth-order valence-electron chi connectivity index (χ4n) is 0.934. The summed E-state index contributed by atoms with van der Waals surface area (Å²) in [4.78, 5) is 17.9. The van der Waals surface area contributed by atoms with Crippen molar-refractivity contribution in [1.29, 1.82) is 0 Å². The second-order valence-electron chi connectivity index (χ2n) is 2.62. The molecule has 0 aliphatic heterocycles. The van der Waals surface area contributed by atoms with Crippen molar-refractivity contribution < 1.29 is 4.92 Å². The predicted molar refractivity (Wildman–Crippen MR) is 58.8 cm³/mol. The number of aliphatic imine (C=N–C) groups is 1. The maximum Gasteiger partial charge on any atom is 0.354 e. The number of rotatable bonds is 3. The summed E-state index contributed by atoms with van der Waals surface area (Å²) in [6, 6.07) is 0. The van der Waals surface area contributed by atoms with Crippen molar-refractivity contribution in [2.45, 2.75) is 13.8 Å². The number of imidazole rings is 1. The van der Waals surface area contributed by atoms with E-state index < -0.39 is 4.92 Å². The second kappa shape index (κ2) is 4.78. The molecule has 8 heteroatoms. The first-order valence-electron chi connectivity index (χ1n) is 4.23. The molecule has 0 aliphatic carbocycles. The summed E-state index contributed by atoms with van der Waals surface area (Å²) >= 11 is 0.997.